The van der Waals surface area contributed by atoms with E-state index in [1.165, 1.54) is 17.9 Å². The van der Waals surface area contributed by atoms with Crippen molar-refractivity contribution in [1.82, 2.24) is 10.2 Å². The largest absolute Gasteiger partial charge is 0.416 e. The van der Waals surface area contributed by atoms with Crippen molar-refractivity contribution in [2.75, 3.05) is 6.54 Å². The van der Waals surface area contributed by atoms with Crippen LogP contribution in [-0.4, -0.2) is 23.3 Å². The molecule has 2 amide bonds. The van der Waals surface area contributed by atoms with Crippen LogP contribution in [0, 0.1) is 5.92 Å². The van der Waals surface area contributed by atoms with E-state index in [1.807, 2.05) is 37.3 Å². The summed E-state index contributed by atoms with van der Waals surface area (Å²) in [5.41, 5.74) is 0.684. The minimum absolute atomic E-state index is 0.153. The van der Waals surface area contributed by atoms with Crippen LogP contribution in [0.4, 0.5) is 13.2 Å². The first kappa shape index (κ1) is 21.9. The Kier molecular flexibility index (Phi) is 6.48. The van der Waals surface area contributed by atoms with Crippen LogP contribution in [-0.2, 0) is 15.8 Å². The number of carbonyl (C=O) groups is 2. The van der Waals surface area contributed by atoms with Gasteiger partial charge in [-0.05, 0) is 43.0 Å². The van der Waals surface area contributed by atoms with Crippen LogP contribution < -0.4 is 5.32 Å². The van der Waals surface area contributed by atoms with Crippen LogP contribution in [0.15, 0.2) is 54.6 Å². The van der Waals surface area contributed by atoms with Gasteiger partial charge >= 0.3 is 6.18 Å². The van der Waals surface area contributed by atoms with Crippen LogP contribution in [0.25, 0.3) is 0 Å². The molecule has 4 nitrogen and oxygen atoms in total. The molecule has 3 rings (SSSR count). The summed E-state index contributed by atoms with van der Waals surface area (Å²) in [6, 6.07) is 14.0. The van der Waals surface area contributed by atoms with Crippen LogP contribution in [0.1, 0.15) is 55.5 Å². The fourth-order valence-electron chi connectivity index (χ4n) is 3.96. The minimum atomic E-state index is -4.44. The summed E-state index contributed by atoms with van der Waals surface area (Å²) in [5.74, 6) is -0.812. The van der Waals surface area contributed by atoms with Gasteiger partial charge in [0.25, 0.3) is 0 Å². The van der Waals surface area contributed by atoms with Crippen molar-refractivity contribution in [3.8, 4) is 0 Å². The van der Waals surface area contributed by atoms with Gasteiger partial charge in [0.05, 0.1) is 23.6 Å². The number of amides is 2. The summed E-state index contributed by atoms with van der Waals surface area (Å²) < 4.78 is 39.3. The van der Waals surface area contributed by atoms with E-state index in [1.54, 1.807) is 6.07 Å². The molecule has 2 aromatic rings. The molecule has 30 heavy (non-hydrogen) atoms. The topological polar surface area (TPSA) is 49.4 Å². The maximum atomic E-state index is 13.1. The first-order chi connectivity index (χ1) is 14.2. The Hall–Kier alpha value is -2.83. The van der Waals surface area contributed by atoms with E-state index in [4.69, 9.17) is 0 Å². The third-order valence-corrected chi connectivity index (χ3v) is 5.61. The monoisotopic (exact) mass is 418 g/mol. The quantitative estimate of drug-likeness (QED) is 0.769. The normalized spacial score (nSPS) is 20.5. The molecule has 1 fully saturated rings. The Morgan fingerprint density at radius 3 is 2.40 bits per heavy atom. The molecule has 0 spiro atoms. The van der Waals surface area contributed by atoms with Crippen molar-refractivity contribution in [3.63, 3.8) is 0 Å². The molecule has 1 N–H and O–H groups in total. The molecule has 160 valence electrons. The lowest BCUT2D eigenvalue weighted by molar-refractivity contribution is -0.137. The summed E-state index contributed by atoms with van der Waals surface area (Å²) in [4.78, 5) is 26.5. The molecular formula is C23H25F3N2O2. The van der Waals surface area contributed by atoms with Gasteiger partial charge in [-0.1, -0.05) is 42.5 Å². The van der Waals surface area contributed by atoms with Gasteiger partial charge in [-0.25, -0.2) is 0 Å². The number of benzene rings is 2. The van der Waals surface area contributed by atoms with Gasteiger partial charge in [0, 0.05) is 13.5 Å². The molecule has 0 radical (unpaired) electrons. The number of likely N-dealkylation sites (tertiary alicyclic amines) is 1. The lowest BCUT2D eigenvalue weighted by Crippen LogP contribution is -2.46. The molecule has 0 saturated carbocycles. The van der Waals surface area contributed by atoms with E-state index in [-0.39, 0.29) is 24.4 Å². The van der Waals surface area contributed by atoms with Crippen molar-refractivity contribution in [2.24, 2.45) is 5.92 Å². The summed E-state index contributed by atoms with van der Waals surface area (Å²) >= 11 is 0. The zero-order valence-electron chi connectivity index (χ0n) is 16.9. The summed E-state index contributed by atoms with van der Waals surface area (Å²) in [5, 5.41) is 2.98. The Labute approximate surface area is 174 Å². The molecular weight excluding hydrogens is 393 g/mol. The summed E-state index contributed by atoms with van der Waals surface area (Å²) in [6.07, 6.45) is -3.52. The highest BCUT2D eigenvalue weighted by Crippen LogP contribution is 2.37. The van der Waals surface area contributed by atoms with Crippen LogP contribution in [0.5, 0.6) is 0 Å². The number of carbonyl (C=O) groups excluding carboxylic acids is 2. The predicted octanol–water partition coefficient (Wildman–Crippen LogP) is 4.88. The van der Waals surface area contributed by atoms with Crippen molar-refractivity contribution in [1.29, 1.82) is 0 Å². The average molecular weight is 418 g/mol. The SMILES string of the molecule is CC(=O)N1C[C@H](C(=O)N[C@@H](C)c2ccccc2)CC[C@H]1c1cccc(C(F)(F)F)c1. The van der Waals surface area contributed by atoms with Crippen LogP contribution >= 0.6 is 0 Å². The molecule has 1 aliphatic rings. The molecule has 1 aliphatic heterocycles. The lowest BCUT2D eigenvalue weighted by atomic mass is 9.87. The van der Waals surface area contributed by atoms with Gasteiger partial charge < -0.3 is 10.2 Å². The van der Waals surface area contributed by atoms with Crippen molar-refractivity contribution >= 4 is 11.8 Å². The smallest absolute Gasteiger partial charge is 0.349 e. The van der Waals surface area contributed by atoms with Gasteiger partial charge in [0.2, 0.25) is 11.8 Å². The van der Waals surface area contributed by atoms with Gasteiger partial charge in [0.1, 0.15) is 0 Å². The average Bonchev–Trinajstić information content (AvgIpc) is 2.73. The van der Waals surface area contributed by atoms with Crippen molar-refractivity contribution in [2.45, 2.75) is 44.9 Å². The highest BCUT2D eigenvalue weighted by atomic mass is 19.4. The fraction of sp³-hybridized carbons (Fsp3) is 0.391. The molecule has 0 aliphatic carbocycles. The highest BCUT2D eigenvalue weighted by molar-refractivity contribution is 5.81. The molecule has 0 bridgehead atoms. The fourth-order valence-corrected chi connectivity index (χ4v) is 3.96. The van der Waals surface area contributed by atoms with Gasteiger partial charge in [0.15, 0.2) is 0 Å². The zero-order valence-corrected chi connectivity index (χ0v) is 16.9. The standard InChI is InChI=1S/C23H25F3N2O2/c1-15(17-7-4-3-5-8-17)27-22(30)19-11-12-21(28(14-19)16(2)29)18-9-6-10-20(13-18)23(24,25)26/h3-10,13,15,19,21H,11-12,14H2,1-2H3,(H,27,30)/t15-,19+,21-/m0/s1. The van der Waals surface area contributed by atoms with Crippen LogP contribution in [0.2, 0.25) is 0 Å². The zero-order chi connectivity index (χ0) is 21.9. The van der Waals surface area contributed by atoms with Crippen LogP contribution in [0.3, 0.4) is 0 Å². The van der Waals surface area contributed by atoms with Crippen molar-refractivity contribution < 1.29 is 22.8 Å². The molecule has 0 unspecified atom stereocenters. The molecule has 1 saturated heterocycles. The Balaban J connectivity index is 1.73. The Morgan fingerprint density at radius 2 is 1.77 bits per heavy atom. The first-order valence-electron chi connectivity index (χ1n) is 9.96. The van der Waals surface area contributed by atoms with E-state index < -0.39 is 23.7 Å². The summed E-state index contributed by atoms with van der Waals surface area (Å²) in [7, 11) is 0. The second-order valence-corrected chi connectivity index (χ2v) is 7.73. The molecule has 7 heteroatoms. The number of nitrogens with zero attached hydrogens (tertiary/aromatic N) is 1. The van der Waals surface area contributed by atoms with E-state index in [2.05, 4.69) is 5.32 Å². The van der Waals surface area contributed by atoms with Crippen molar-refractivity contribution in [3.05, 3.63) is 71.3 Å². The Morgan fingerprint density at radius 1 is 1.07 bits per heavy atom. The third kappa shape index (κ3) is 5.01. The number of hydrogen-bond donors (Lipinski definition) is 1. The third-order valence-electron chi connectivity index (χ3n) is 5.61. The molecule has 1 heterocycles. The number of halogens is 3. The van der Waals surface area contributed by atoms with E-state index in [0.717, 1.165) is 17.7 Å². The molecule has 2 aromatic carbocycles. The first-order valence-corrected chi connectivity index (χ1v) is 9.96. The number of nitrogens with one attached hydrogen (secondary N) is 1. The Bertz CT molecular complexity index is 899. The van der Waals surface area contributed by atoms with Gasteiger partial charge in [-0.15, -0.1) is 0 Å². The minimum Gasteiger partial charge on any atom is -0.349 e. The predicted molar refractivity (Wildman–Crippen MR) is 107 cm³/mol. The highest BCUT2D eigenvalue weighted by Gasteiger charge is 2.36. The number of hydrogen-bond acceptors (Lipinski definition) is 2. The number of alkyl halides is 3. The molecule has 0 aromatic heterocycles. The maximum absolute atomic E-state index is 13.1. The second kappa shape index (κ2) is 8.90. The second-order valence-electron chi connectivity index (χ2n) is 7.73. The summed E-state index contributed by atoms with van der Waals surface area (Å²) in [6.45, 7) is 3.46. The lowest BCUT2D eigenvalue weighted by Gasteiger charge is -2.39. The van der Waals surface area contributed by atoms with E-state index in [9.17, 15) is 22.8 Å². The van der Waals surface area contributed by atoms with E-state index >= 15 is 0 Å². The van der Waals surface area contributed by atoms with Gasteiger partial charge in [-0.2, -0.15) is 13.2 Å². The molecule has 3 atom stereocenters. The number of rotatable bonds is 4. The van der Waals surface area contributed by atoms with E-state index in [0.29, 0.717) is 18.4 Å². The maximum Gasteiger partial charge on any atom is 0.416 e. The van der Waals surface area contributed by atoms with Gasteiger partial charge in [-0.3, -0.25) is 9.59 Å². The number of piperidine rings is 1.